The van der Waals surface area contributed by atoms with E-state index in [-0.39, 0.29) is 22.7 Å². The molecule has 4 aliphatic rings. The van der Waals surface area contributed by atoms with Gasteiger partial charge in [-0.1, -0.05) is 29.8 Å². The molecule has 2 aromatic carbocycles. The van der Waals surface area contributed by atoms with Gasteiger partial charge in [0, 0.05) is 30.7 Å². The number of sulfonamides is 1. The minimum atomic E-state index is -3.90. The Balaban J connectivity index is 1.48. The van der Waals surface area contributed by atoms with Gasteiger partial charge in [0.15, 0.2) is 0 Å². The summed E-state index contributed by atoms with van der Waals surface area (Å²) in [4.78, 5) is 16.7. The number of benzene rings is 2. The predicted octanol–water partition coefficient (Wildman–Crippen LogP) is 6.75. The van der Waals surface area contributed by atoms with E-state index < -0.39 is 26.8 Å². The maximum absolute atomic E-state index is 15.4. The molecule has 0 aromatic heterocycles. The third-order valence-electron chi connectivity index (χ3n) is 9.81. The van der Waals surface area contributed by atoms with Gasteiger partial charge in [-0.05, 0) is 111 Å². The molecule has 2 heterocycles. The highest BCUT2D eigenvalue weighted by Crippen LogP contribution is 2.51. The number of thioether (sulfide) groups is 1. The van der Waals surface area contributed by atoms with Crippen molar-refractivity contribution in [2.24, 2.45) is 17.8 Å². The zero-order valence-electron chi connectivity index (χ0n) is 24.1. The molecule has 1 fully saturated rings. The first-order valence-electron chi connectivity index (χ1n) is 14.9. The number of methoxy groups -OCH3 is 1. The molecule has 10 heteroatoms. The molecular weight excluding hydrogens is 595 g/mol. The van der Waals surface area contributed by atoms with Crippen LogP contribution in [0.25, 0.3) is 0 Å². The molecule has 2 aliphatic heterocycles. The summed E-state index contributed by atoms with van der Waals surface area (Å²) in [5, 5.41) is -0.606. The summed E-state index contributed by atoms with van der Waals surface area (Å²) >= 11 is 7.96. The standard InChI is InChI=1S/C32H38ClFN2O4S2/c1-20-15-21-12-13-32(17-21,40-2)26-9-6-24(26)19-36-18-23-7-10-27(33)30(34)25(23)5-3-4-14-41-29-11-8-22(16-28(29)36)31(37)35-42(20,38)39/h7-8,10-13,16,20-21,24,26H,3-6,9,14-15,17-19H2,1-2H3,(H,35,37)/t20-,21+,24+,26-,32?/m1/s1. The van der Waals surface area contributed by atoms with Crippen molar-refractivity contribution >= 4 is 45.0 Å². The summed E-state index contributed by atoms with van der Waals surface area (Å²) in [6, 6.07) is 9.00. The molecule has 6 rings (SSSR count). The maximum atomic E-state index is 15.4. The number of ether oxygens (including phenoxy) is 1. The zero-order chi connectivity index (χ0) is 29.6. The van der Waals surface area contributed by atoms with Gasteiger partial charge in [-0.3, -0.25) is 4.79 Å². The van der Waals surface area contributed by atoms with Crippen LogP contribution in [0.5, 0.6) is 0 Å². The van der Waals surface area contributed by atoms with Crippen LogP contribution in [0.15, 0.2) is 47.4 Å². The van der Waals surface area contributed by atoms with Crippen molar-refractivity contribution in [2.75, 3.05) is 24.3 Å². The van der Waals surface area contributed by atoms with Gasteiger partial charge in [0.1, 0.15) is 5.82 Å². The van der Waals surface area contributed by atoms with Gasteiger partial charge in [0.25, 0.3) is 5.91 Å². The van der Waals surface area contributed by atoms with Crippen LogP contribution < -0.4 is 9.62 Å². The normalized spacial score (nSPS) is 31.0. The van der Waals surface area contributed by atoms with Crippen molar-refractivity contribution in [1.29, 1.82) is 0 Å². The molecule has 1 unspecified atom stereocenters. The van der Waals surface area contributed by atoms with Crippen LogP contribution in [-0.2, 0) is 27.7 Å². The number of hydrogen-bond acceptors (Lipinski definition) is 6. The lowest BCUT2D eigenvalue weighted by Gasteiger charge is -2.49. The smallest absolute Gasteiger partial charge is 0.264 e. The number of nitrogens with zero attached hydrogens (tertiary/aromatic N) is 1. The van der Waals surface area contributed by atoms with Gasteiger partial charge in [-0.25, -0.2) is 17.5 Å². The Labute approximate surface area is 257 Å². The van der Waals surface area contributed by atoms with Gasteiger partial charge in [-0.15, -0.1) is 11.8 Å². The lowest BCUT2D eigenvalue weighted by molar-refractivity contribution is -0.0791. The highest BCUT2D eigenvalue weighted by atomic mass is 35.5. The van der Waals surface area contributed by atoms with E-state index in [1.54, 1.807) is 37.9 Å². The van der Waals surface area contributed by atoms with Gasteiger partial charge >= 0.3 is 0 Å². The Kier molecular flexibility index (Phi) is 8.41. The molecule has 5 atom stereocenters. The molecule has 0 spiro atoms. The first-order chi connectivity index (χ1) is 20.1. The van der Waals surface area contributed by atoms with Crippen molar-refractivity contribution in [3.05, 3.63) is 70.0 Å². The third kappa shape index (κ3) is 5.62. The van der Waals surface area contributed by atoms with Crippen LogP contribution in [0.4, 0.5) is 10.1 Å². The summed E-state index contributed by atoms with van der Waals surface area (Å²) in [7, 11) is -2.15. The second kappa shape index (κ2) is 11.8. The molecule has 2 aliphatic carbocycles. The van der Waals surface area contributed by atoms with Gasteiger partial charge < -0.3 is 9.64 Å². The van der Waals surface area contributed by atoms with Crippen LogP contribution in [0, 0.1) is 23.6 Å². The van der Waals surface area contributed by atoms with E-state index in [4.69, 9.17) is 16.3 Å². The number of amides is 1. The Morgan fingerprint density at radius 2 is 2.02 bits per heavy atom. The van der Waals surface area contributed by atoms with E-state index in [2.05, 4.69) is 21.8 Å². The predicted molar refractivity (Wildman–Crippen MR) is 166 cm³/mol. The topological polar surface area (TPSA) is 75.7 Å². The molecule has 6 nitrogen and oxygen atoms in total. The van der Waals surface area contributed by atoms with E-state index >= 15 is 4.39 Å². The first-order valence-corrected chi connectivity index (χ1v) is 17.8. The van der Waals surface area contributed by atoms with Crippen molar-refractivity contribution in [3.63, 3.8) is 0 Å². The molecule has 4 bridgehead atoms. The van der Waals surface area contributed by atoms with Gasteiger partial charge in [-0.2, -0.15) is 0 Å². The number of allylic oxidation sites excluding steroid dienone is 1. The second-order valence-electron chi connectivity index (χ2n) is 12.3. The number of rotatable bonds is 1. The fraction of sp³-hybridized carbons (Fsp3) is 0.531. The largest absolute Gasteiger partial charge is 0.374 e. The summed E-state index contributed by atoms with van der Waals surface area (Å²) in [5.74, 6) is 0.501. The van der Waals surface area contributed by atoms with Crippen LogP contribution in [0.3, 0.4) is 0 Å². The molecule has 2 aromatic rings. The van der Waals surface area contributed by atoms with E-state index in [0.29, 0.717) is 43.0 Å². The summed E-state index contributed by atoms with van der Waals surface area (Å²) in [5.41, 5.74) is 2.25. The number of carbonyl (C=O) groups is 1. The number of fused-ring (bicyclic) bond motifs is 6. The molecule has 1 saturated carbocycles. The molecule has 0 radical (unpaired) electrons. The van der Waals surface area contributed by atoms with Crippen molar-refractivity contribution < 1.29 is 22.3 Å². The monoisotopic (exact) mass is 632 g/mol. The highest BCUT2D eigenvalue weighted by Gasteiger charge is 2.50. The highest BCUT2D eigenvalue weighted by molar-refractivity contribution is 7.99. The Morgan fingerprint density at radius 3 is 2.79 bits per heavy atom. The zero-order valence-corrected chi connectivity index (χ0v) is 26.5. The van der Waals surface area contributed by atoms with Crippen molar-refractivity contribution in [2.45, 2.75) is 74.2 Å². The van der Waals surface area contributed by atoms with Crippen LogP contribution in [0.2, 0.25) is 5.02 Å². The van der Waals surface area contributed by atoms with E-state index in [0.717, 1.165) is 54.0 Å². The molecule has 1 N–H and O–H groups in total. The Bertz CT molecular complexity index is 1520. The fourth-order valence-electron chi connectivity index (χ4n) is 7.26. The van der Waals surface area contributed by atoms with E-state index in [9.17, 15) is 13.2 Å². The number of anilines is 1. The lowest BCUT2D eigenvalue weighted by atomic mass is 9.63. The van der Waals surface area contributed by atoms with Gasteiger partial charge in [0.2, 0.25) is 10.0 Å². The van der Waals surface area contributed by atoms with Crippen LogP contribution >= 0.6 is 23.4 Å². The van der Waals surface area contributed by atoms with Crippen LogP contribution in [0.1, 0.15) is 66.9 Å². The van der Waals surface area contributed by atoms with E-state index in [1.165, 1.54) is 0 Å². The lowest BCUT2D eigenvalue weighted by Crippen LogP contribution is -2.50. The van der Waals surface area contributed by atoms with E-state index in [1.807, 2.05) is 18.2 Å². The Morgan fingerprint density at radius 1 is 1.19 bits per heavy atom. The first kappa shape index (κ1) is 30.0. The number of hydrogen-bond donors (Lipinski definition) is 1. The molecule has 226 valence electrons. The molecule has 1 amide bonds. The average molecular weight is 633 g/mol. The second-order valence-corrected chi connectivity index (χ2v) is 16.0. The van der Waals surface area contributed by atoms with Crippen LogP contribution in [-0.4, -0.2) is 44.6 Å². The molecule has 42 heavy (non-hydrogen) atoms. The summed E-state index contributed by atoms with van der Waals surface area (Å²) in [6.07, 6.45) is 9.83. The number of halogens is 2. The van der Waals surface area contributed by atoms with Crippen molar-refractivity contribution in [1.82, 2.24) is 4.72 Å². The summed E-state index contributed by atoms with van der Waals surface area (Å²) < 4.78 is 50.5. The summed E-state index contributed by atoms with van der Waals surface area (Å²) in [6.45, 7) is 2.84. The fourth-order valence-corrected chi connectivity index (χ4v) is 9.58. The minimum Gasteiger partial charge on any atom is -0.374 e. The molecular formula is C32H38ClFN2O4S2. The quantitative estimate of drug-likeness (QED) is 0.351. The number of nitrogens with one attached hydrogen (secondary N) is 1. The average Bonchev–Trinajstić information content (AvgIpc) is 3.34. The molecule has 0 saturated heterocycles. The van der Waals surface area contributed by atoms with Crippen molar-refractivity contribution in [3.8, 4) is 0 Å². The van der Waals surface area contributed by atoms with Gasteiger partial charge in [0.05, 0.1) is 21.6 Å². The SMILES string of the molecule is COC12C=C[C@@H](C[C@@H](C)S(=O)(=O)NC(=O)c3ccc4c(c3)N(Cc3ccc(Cl)c(F)c3CCCCS4)C[C@@H]3CC[C@H]31)C2. The number of carbonyl (C=O) groups excluding carboxylic acids is 1. The maximum Gasteiger partial charge on any atom is 0.264 e. The Hall–Kier alpha value is -2.07. The third-order valence-corrected chi connectivity index (χ3v) is 13.0. The minimum absolute atomic E-state index is 0.0411.